The highest BCUT2D eigenvalue weighted by molar-refractivity contribution is 5.74. The Morgan fingerprint density at radius 2 is 2.13 bits per heavy atom. The van der Waals surface area contributed by atoms with Crippen molar-refractivity contribution in [3.8, 4) is 0 Å². The summed E-state index contributed by atoms with van der Waals surface area (Å²) in [6, 6.07) is 12.0. The quantitative estimate of drug-likeness (QED) is 0.827. The van der Waals surface area contributed by atoms with Gasteiger partial charge in [0.25, 0.3) is 0 Å². The smallest absolute Gasteiger partial charge is 0.217 e. The lowest BCUT2D eigenvalue weighted by Gasteiger charge is -2.12. The second kappa shape index (κ2) is 6.93. The molecule has 0 radical (unpaired) electrons. The van der Waals surface area contributed by atoms with Gasteiger partial charge in [0.05, 0.1) is 11.8 Å². The average Bonchev–Trinajstić information content (AvgIpc) is 3.07. The van der Waals surface area contributed by atoms with Crippen molar-refractivity contribution >= 4 is 5.91 Å². The number of amides is 1. The molecule has 1 aromatic heterocycles. The summed E-state index contributed by atoms with van der Waals surface area (Å²) in [4.78, 5) is 13.1. The highest BCUT2D eigenvalue weighted by Crippen LogP contribution is 2.22. The zero-order valence-electron chi connectivity index (χ0n) is 12.9. The van der Waals surface area contributed by atoms with Crippen LogP contribution < -0.4 is 5.73 Å². The molecule has 1 aliphatic heterocycles. The second-order valence-electron chi connectivity index (χ2n) is 6.14. The molecule has 1 fully saturated rings. The van der Waals surface area contributed by atoms with E-state index in [0.29, 0.717) is 26.1 Å². The first kappa shape index (κ1) is 15.7. The second-order valence-corrected chi connectivity index (χ2v) is 6.14. The maximum atomic E-state index is 11.0. The molecule has 6 nitrogen and oxygen atoms in total. The van der Waals surface area contributed by atoms with E-state index in [1.165, 1.54) is 5.56 Å². The molecule has 0 unspecified atom stereocenters. The minimum Gasteiger partial charge on any atom is -0.391 e. The first-order valence-corrected chi connectivity index (χ1v) is 7.77. The van der Waals surface area contributed by atoms with Crippen molar-refractivity contribution in [1.29, 1.82) is 0 Å². The molecule has 3 N–H and O–H groups in total. The fourth-order valence-electron chi connectivity index (χ4n) is 3.07. The summed E-state index contributed by atoms with van der Waals surface area (Å²) in [5.74, 6) is 0.352. The summed E-state index contributed by atoms with van der Waals surface area (Å²) in [7, 11) is 0. The van der Waals surface area contributed by atoms with Gasteiger partial charge in [-0.3, -0.25) is 9.69 Å². The number of carbonyl (C=O) groups excluding carboxylic acids is 1. The molecular formula is C17H21N3O3. The van der Waals surface area contributed by atoms with Crippen LogP contribution in [0.15, 0.2) is 40.9 Å². The Balaban J connectivity index is 1.56. The van der Waals surface area contributed by atoms with E-state index in [2.05, 4.69) is 10.1 Å². The van der Waals surface area contributed by atoms with Gasteiger partial charge in [-0.1, -0.05) is 35.5 Å². The molecule has 2 heterocycles. The molecule has 0 aliphatic carbocycles. The van der Waals surface area contributed by atoms with Crippen LogP contribution in [0, 0.1) is 5.92 Å². The Bertz CT molecular complexity index is 656. The summed E-state index contributed by atoms with van der Waals surface area (Å²) in [5.41, 5.74) is 7.22. The van der Waals surface area contributed by atoms with Crippen molar-refractivity contribution in [2.24, 2.45) is 11.7 Å². The lowest BCUT2D eigenvalue weighted by Crippen LogP contribution is -2.24. The van der Waals surface area contributed by atoms with Crippen LogP contribution in [0.2, 0.25) is 0 Å². The molecular weight excluding hydrogens is 294 g/mol. The van der Waals surface area contributed by atoms with Gasteiger partial charge in [-0.05, 0) is 5.56 Å². The van der Waals surface area contributed by atoms with Crippen molar-refractivity contribution in [1.82, 2.24) is 10.1 Å². The van der Waals surface area contributed by atoms with E-state index in [1.807, 2.05) is 36.4 Å². The molecule has 3 rings (SSSR count). The first-order chi connectivity index (χ1) is 11.1. The van der Waals surface area contributed by atoms with Crippen LogP contribution in [0.4, 0.5) is 0 Å². The first-order valence-electron chi connectivity index (χ1n) is 7.77. The molecule has 1 amide bonds. The lowest BCUT2D eigenvalue weighted by atomic mass is 10.0. The topological polar surface area (TPSA) is 92.6 Å². The lowest BCUT2D eigenvalue weighted by molar-refractivity contribution is -0.119. The summed E-state index contributed by atoms with van der Waals surface area (Å²) < 4.78 is 5.38. The molecule has 0 spiro atoms. The number of aliphatic hydroxyl groups is 1. The van der Waals surface area contributed by atoms with Gasteiger partial charge in [0.1, 0.15) is 5.76 Å². The van der Waals surface area contributed by atoms with Gasteiger partial charge >= 0.3 is 0 Å². The van der Waals surface area contributed by atoms with Crippen LogP contribution in [-0.4, -0.2) is 40.3 Å². The van der Waals surface area contributed by atoms with E-state index in [0.717, 1.165) is 11.5 Å². The minimum absolute atomic E-state index is 0.0943. The third-order valence-electron chi connectivity index (χ3n) is 4.16. The van der Waals surface area contributed by atoms with Gasteiger partial charge in [-0.15, -0.1) is 0 Å². The number of benzene rings is 1. The van der Waals surface area contributed by atoms with Gasteiger partial charge in [-0.25, -0.2) is 0 Å². The monoisotopic (exact) mass is 315 g/mol. The third-order valence-corrected chi connectivity index (χ3v) is 4.16. The van der Waals surface area contributed by atoms with Gasteiger partial charge < -0.3 is 15.4 Å². The minimum atomic E-state index is -0.516. The molecule has 122 valence electrons. The maximum Gasteiger partial charge on any atom is 0.217 e. The molecule has 1 saturated heterocycles. The van der Waals surface area contributed by atoms with Crippen LogP contribution in [0.5, 0.6) is 0 Å². The van der Waals surface area contributed by atoms with Crippen molar-refractivity contribution in [3.05, 3.63) is 53.4 Å². The predicted octanol–water partition coefficient (Wildman–Crippen LogP) is 0.933. The number of β-amino-alcohol motifs (C(OH)–C–C–N with tert-alkyl or cyclic N) is 1. The Labute approximate surface area is 134 Å². The SMILES string of the molecule is NC(=O)C[C@@H]1CN(Cc2cc(Cc3ccccc3)on2)C[C@H]1O. The van der Waals surface area contributed by atoms with E-state index in [9.17, 15) is 9.90 Å². The highest BCUT2D eigenvalue weighted by Gasteiger charge is 2.32. The van der Waals surface area contributed by atoms with E-state index >= 15 is 0 Å². The van der Waals surface area contributed by atoms with Gasteiger partial charge in [0.2, 0.25) is 5.91 Å². The number of nitrogens with two attached hydrogens (primary N) is 1. The number of carbonyl (C=O) groups is 1. The molecule has 0 saturated carbocycles. The predicted molar refractivity (Wildman–Crippen MR) is 84.3 cm³/mol. The number of rotatable bonds is 6. The van der Waals surface area contributed by atoms with Gasteiger partial charge in [-0.2, -0.15) is 0 Å². The van der Waals surface area contributed by atoms with E-state index < -0.39 is 6.10 Å². The van der Waals surface area contributed by atoms with Crippen LogP contribution in [0.3, 0.4) is 0 Å². The fraction of sp³-hybridized carbons (Fsp3) is 0.412. The van der Waals surface area contributed by atoms with Gasteiger partial charge in [0, 0.05) is 44.5 Å². The molecule has 2 atom stereocenters. The number of hydrogen-bond acceptors (Lipinski definition) is 5. The molecule has 6 heteroatoms. The fourth-order valence-corrected chi connectivity index (χ4v) is 3.07. The third kappa shape index (κ3) is 4.18. The van der Waals surface area contributed by atoms with Crippen LogP contribution >= 0.6 is 0 Å². The summed E-state index contributed by atoms with van der Waals surface area (Å²) in [6.45, 7) is 1.77. The number of primary amides is 1. The normalized spacial score (nSPS) is 21.6. The van der Waals surface area contributed by atoms with Crippen molar-refractivity contribution in [3.63, 3.8) is 0 Å². The zero-order chi connectivity index (χ0) is 16.2. The maximum absolute atomic E-state index is 11.0. The van der Waals surface area contributed by atoms with Crippen molar-refractivity contribution in [2.45, 2.75) is 25.5 Å². The van der Waals surface area contributed by atoms with Crippen LogP contribution in [-0.2, 0) is 17.8 Å². The summed E-state index contributed by atoms with van der Waals surface area (Å²) >= 11 is 0. The Hall–Kier alpha value is -2.18. The van der Waals surface area contributed by atoms with Crippen LogP contribution in [0.25, 0.3) is 0 Å². The van der Waals surface area contributed by atoms with Crippen molar-refractivity contribution in [2.75, 3.05) is 13.1 Å². The standard InChI is InChI=1S/C17H21N3O3/c18-17(22)7-13-9-20(11-16(13)21)10-14-8-15(23-19-14)6-12-4-2-1-3-5-12/h1-5,8,13,16,21H,6-7,9-11H2,(H2,18,22)/t13-,16-/m1/s1. The van der Waals surface area contributed by atoms with E-state index in [1.54, 1.807) is 0 Å². The Morgan fingerprint density at radius 3 is 2.87 bits per heavy atom. The number of hydrogen-bond donors (Lipinski definition) is 2. The number of nitrogens with zero attached hydrogens (tertiary/aromatic N) is 2. The zero-order valence-corrected chi connectivity index (χ0v) is 12.9. The van der Waals surface area contributed by atoms with Gasteiger partial charge in [0.15, 0.2) is 0 Å². The molecule has 2 aromatic rings. The Morgan fingerprint density at radius 1 is 1.35 bits per heavy atom. The molecule has 23 heavy (non-hydrogen) atoms. The summed E-state index contributed by atoms with van der Waals surface area (Å²) in [5, 5.41) is 14.1. The highest BCUT2D eigenvalue weighted by atomic mass is 16.5. The average molecular weight is 315 g/mol. The number of aromatic nitrogens is 1. The number of aliphatic hydroxyl groups excluding tert-OH is 1. The summed E-state index contributed by atoms with van der Waals surface area (Å²) in [6.07, 6.45) is 0.412. The Kier molecular flexibility index (Phi) is 4.73. The number of likely N-dealkylation sites (tertiary alicyclic amines) is 1. The largest absolute Gasteiger partial charge is 0.391 e. The van der Waals surface area contributed by atoms with Crippen LogP contribution in [0.1, 0.15) is 23.4 Å². The molecule has 1 aliphatic rings. The molecule has 0 bridgehead atoms. The van der Waals surface area contributed by atoms with E-state index in [-0.39, 0.29) is 18.2 Å². The van der Waals surface area contributed by atoms with E-state index in [4.69, 9.17) is 10.3 Å². The van der Waals surface area contributed by atoms with Crippen molar-refractivity contribution < 1.29 is 14.4 Å². The molecule has 1 aromatic carbocycles.